The first kappa shape index (κ1) is 13.0. The van der Waals surface area contributed by atoms with Crippen LogP contribution in [-0.4, -0.2) is 16.3 Å². The van der Waals surface area contributed by atoms with Crippen molar-refractivity contribution in [3.05, 3.63) is 35.1 Å². The minimum atomic E-state index is -1.35. The number of carbonyl (C=O) groups is 1. The van der Waals surface area contributed by atoms with Gasteiger partial charge >= 0.3 is 0 Å². The Morgan fingerprint density at radius 1 is 1.05 bits per heavy atom. The SMILES string of the molecule is O=C(c1c(F)ccc(F)c1F)C1CC2CCC(C1)S2. The van der Waals surface area contributed by atoms with Crippen molar-refractivity contribution >= 4 is 17.5 Å². The van der Waals surface area contributed by atoms with Gasteiger partial charge in [0.05, 0.1) is 5.56 Å². The molecule has 1 aromatic rings. The number of hydrogen-bond acceptors (Lipinski definition) is 2. The molecule has 2 fully saturated rings. The summed E-state index contributed by atoms with van der Waals surface area (Å²) in [5, 5.41) is 0.819. The zero-order valence-corrected chi connectivity index (χ0v) is 11.0. The van der Waals surface area contributed by atoms with Gasteiger partial charge in [-0.25, -0.2) is 13.2 Å². The average Bonchev–Trinajstić information content (AvgIpc) is 2.73. The summed E-state index contributed by atoms with van der Waals surface area (Å²) in [4.78, 5) is 12.3. The molecule has 0 N–H and O–H groups in total. The number of rotatable bonds is 2. The zero-order chi connectivity index (χ0) is 13.6. The number of Topliss-reactive ketones (excluding diaryl/α,β-unsaturated/α-hetero) is 1. The van der Waals surface area contributed by atoms with Crippen LogP contribution in [0.3, 0.4) is 0 Å². The standard InChI is InChI=1S/C14H13F3OS/c15-10-3-4-11(16)13(17)12(10)14(18)7-5-8-1-2-9(6-7)19-8/h3-4,7-9H,1-2,5-6H2. The molecule has 0 amide bonds. The second-order valence-corrected chi connectivity index (χ2v) is 6.81. The quantitative estimate of drug-likeness (QED) is 0.604. The fourth-order valence-electron chi connectivity index (χ4n) is 3.03. The van der Waals surface area contributed by atoms with Crippen LogP contribution < -0.4 is 0 Å². The fraction of sp³-hybridized carbons (Fsp3) is 0.500. The number of ketones is 1. The van der Waals surface area contributed by atoms with Crippen LogP contribution in [0.1, 0.15) is 36.0 Å². The molecule has 102 valence electrons. The smallest absolute Gasteiger partial charge is 0.172 e. The van der Waals surface area contributed by atoms with Crippen LogP contribution in [0.25, 0.3) is 0 Å². The molecule has 0 aromatic heterocycles. The van der Waals surface area contributed by atoms with Crippen molar-refractivity contribution in [2.24, 2.45) is 5.92 Å². The van der Waals surface area contributed by atoms with E-state index in [0.717, 1.165) is 18.9 Å². The van der Waals surface area contributed by atoms with Gasteiger partial charge in [0.1, 0.15) is 5.82 Å². The van der Waals surface area contributed by atoms with E-state index in [-0.39, 0.29) is 5.92 Å². The van der Waals surface area contributed by atoms with Crippen LogP contribution in [-0.2, 0) is 0 Å². The first-order chi connectivity index (χ1) is 9.06. The molecule has 2 aliphatic rings. The first-order valence-electron chi connectivity index (χ1n) is 6.39. The molecule has 0 radical (unpaired) electrons. The Bertz CT molecular complexity index is 520. The lowest BCUT2D eigenvalue weighted by atomic mass is 9.90. The Labute approximate surface area is 113 Å². The minimum absolute atomic E-state index is 0.371. The van der Waals surface area contributed by atoms with E-state index in [2.05, 4.69) is 0 Å². The number of benzene rings is 1. The monoisotopic (exact) mass is 286 g/mol. The van der Waals surface area contributed by atoms with E-state index in [9.17, 15) is 18.0 Å². The molecule has 1 aromatic carbocycles. The maximum atomic E-state index is 13.6. The summed E-state index contributed by atoms with van der Waals surface area (Å²) in [7, 11) is 0. The lowest BCUT2D eigenvalue weighted by Crippen LogP contribution is -2.26. The molecule has 2 heterocycles. The van der Waals surface area contributed by atoms with Gasteiger partial charge in [0.15, 0.2) is 17.4 Å². The lowest BCUT2D eigenvalue weighted by molar-refractivity contribution is 0.0897. The summed E-state index contributed by atoms with van der Waals surface area (Å²) in [6, 6.07) is 1.53. The molecule has 0 spiro atoms. The van der Waals surface area contributed by atoms with Gasteiger partial charge in [-0.15, -0.1) is 0 Å². The number of thioether (sulfide) groups is 1. The Morgan fingerprint density at radius 3 is 2.26 bits per heavy atom. The van der Waals surface area contributed by atoms with Gasteiger partial charge in [-0.1, -0.05) is 0 Å². The first-order valence-corrected chi connectivity index (χ1v) is 7.33. The third-order valence-corrected chi connectivity index (χ3v) is 5.58. The van der Waals surface area contributed by atoms with Crippen molar-refractivity contribution in [3.63, 3.8) is 0 Å². The summed E-state index contributed by atoms with van der Waals surface area (Å²) in [6.45, 7) is 0. The third kappa shape index (κ3) is 2.29. The molecular weight excluding hydrogens is 273 g/mol. The van der Waals surface area contributed by atoms with Crippen molar-refractivity contribution in [1.82, 2.24) is 0 Å². The van der Waals surface area contributed by atoms with Crippen molar-refractivity contribution in [1.29, 1.82) is 0 Å². The highest BCUT2D eigenvalue weighted by atomic mass is 32.2. The van der Waals surface area contributed by atoms with Gasteiger partial charge in [-0.05, 0) is 37.8 Å². The molecule has 0 aliphatic carbocycles. The molecule has 2 bridgehead atoms. The number of halogens is 3. The van der Waals surface area contributed by atoms with Crippen LogP contribution in [0.5, 0.6) is 0 Å². The fourth-order valence-corrected chi connectivity index (χ4v) is 4.80. The van der Waals surface area contributed by atoms with Crippen LogP contribution in [0, 0.1) is 23.4 Å². The molecule has 19 heavy (non-hydrogen) atoms. The van der Waals surface area contributed by atoms with Crippen molar-refractivity contribution < 1.29 is 18.0 Å². The van der Waals surface area contributed by atoms with Gasteiger partial charge in [0.2, 0.25) is 0 Å². The summed E-state index contributed by atoms with van der Waals surface area (Å²) < 4.78 is 40.4. The predicted octanol–water partition coefficient (Wildman–Crippen LogP) is 3.96. The summed E-state index contributed by atoms with van der Waals surface area (Å²) in [5.74, 6) is -4.43. The molecule has 2 aliphatic heterocycles. The zero-order valence-electron chi connectivity index (χ0n) is 10.2. The molecule has 1 nitrogen and oxygen atoms in total. The van der Waals surface area contributed by atoms with Crippen LogP contribution >= 0.6 is 11.8 Å². The molecule has 2 unspecified atom stereocenters. The molecular formula is C14H13F3OS. The van der Waals surface area contributed by atoms with Crippen molar-refractivity contribution in [3.8, 4) is 0 Å². The lowest BCUT2D eigenvalue weighted by Gasteiger charge is -2.26. The molecule has 3 rings (SSSR count). The largest absolute Gasteiger partial charge is 0.294 e. The van der Waals surface area contributed by atoms with Gasteiger partial charge in [-0.2, -0.15) is 11.8 Å². The van der Waals surface area contributed by atoms with Crippen LogP contribution in [0.15, 0.2) is 12.1 Å². The summed E-state index contributed by atoms with van der Waals surface area (Å²) in [5.41, 5.74) is -0.698. The highest BCUT2D eigenvalue weighted by molar-refractivity contribution is 8.00. The van der Waals surface area contributed by atoms with Crippen LogP contribution in [0.2, 0.25) is 0 Å². The highest BCUT2D eigenvalue weighted by Gasteiger charge is 2.39. The van der Waals surface area contributed by atoms with E-state index in [4.69, 9.17) is 0 Å². The van der Waals surface area contributed by atoms with Gasteiger partial charge in [-0.3, -0.25) is 4.79 Å². The predicted molar refractivity (Wildman–Crippen MR) is 67.8 cm³/mol. The van der Waals surface area contributed by atoms with Crippen molar-refractivity contribution in [2.75, 3.05) is 0 Å². The van der Waals surface area contributed by atoms with E-state index in [1.807, 2.05) is 11.8 Å². The normalized spacial score (nSPS) is 29.5. The van der Waals surface area contributed by atoms with E-state index < -0.39 is 28.8 Å². The Kier molecular flexibility index (Phi) is 3.33. The second-order valence-electron chi connectivity index (χ2n) is 5.21. The van der Waals surface area contributed by atoms with E-state index in [1.54, 1.807) is 0 Å². The van der Waals surface area contributed by atoms with E-state index >= 15 is 0 Å². The molecule has 2 atom stereocenters. The summed E-state index contributed by atoms with van der Waals surface area (Å²) in [6.07, 6.45) is 3.42. The van der Waals surface area contributed by atoms with Crippen molar-refractivity contribution in [2.45, 2.75) is 36.2 Å². The molecule has 5 heteroatoms. The van der Waals surface area contributed by atoms with Gasteiger partial charge < -0.3 is 0 Å². The minimum Gasteiger partial charge on any atom is -0.294 e. The Hall–Kier alpha value is -0.970. The average molecular weight is 286 g/mol. The van der Waals surface area contributed by atoms with E-state index in [1.165, 1.54) is 0 Å². The molecule has 2 saturated heterocycles. The maximum Gasteiger partial charge on any atom is 0.172 e. The number of fused-ring (bicyclic) bond motifs is 2. The molecule has 0 saturated carbocycles. The van der Waals surface area contributed by atoms with Gasteiger partial charge in [0.25, 0.3) is 0 Å². The topological polar surface area (TPSA) is 17.1 Å². The van der Waals surface area contributed by atoms with Crippen LogP contribution in [0.4, 0.5) is 13.2 Å². The second kappa shape index (κ2) is 4.85. The van der Waals surface area contributed by atoms with E-state index in [0.29, 0.717) is 29.4 Å². The third-order valence-electron chi connectivity index (χ3n) is 3.95. The summed E-state index contributed by atoms with van der Waals surface area (Å²) >= 11 is 1.87. The highest BCUT2D eigenvalue weighted by Crippen LogP contribution is 2.46. The number of hydrogen-bond donors (Lipinski definition) is 0. The Morgan fingerprint density at radius 2 is 1.63 bits per heavy atom. The number of carbonyl (C=O) groups excluding carboxylic acids is 1. The van der Waals surface area contributed by atoms with Gasteiger partial charge in [0, 0.05) is 16.4 Å². The Balaban J connectivity index is 1.90. The maximum absolute atomic E-state index is 13.6.